The SMILES string of the molecule is CCC(OC)c1nc(C)cc(C(=O)O)n1. The van der Waals surface area contributed by atoms with Crippen molar-refractivity contribution < 1.29 is 14.6 Å². The Bertz CT molecular complexity index is 362. The maximum atomic E-state index is 10.8. The molecule has 0 spiro atoms. The Hall–Kier alpha value is -1.49. The predicted octanol–water partition coefficient (Wildman–Crippen LogP) is 1.58. The van der Waals surface area contributed by atoms with Crippen LogP contribution in [0.15, 0.2) is 6.07 Å². The van der Waals surface area contributed by atoms with Crippen LogP contribution in [-0.4, -0.2) is 28.2 Å². The van der Waals surface area contributed by atoms with Gasteiger partial charge in [-0.15, -0.1) is 0 Å². The third-order valence-corrected chi connectivity index (χ3v) is 2.03. The minimum Gasteiger partial charge on any atom is -0.477 e. The van der Waals surface area contributed by atoms with Crippen LogP contribution >= 0.6 is 0 Å². The summed E-state index contributed by atoms with van der Waals surface area (Å²) >= 11 is 0. The van der Waals surface area contributed by atoms with E-state index in [0.29, 0.717) is 17.9 Å². The summed E-state index contributed by atoms with van der Waals surface area (Å²) in [5.41, 5.74) is 0.640. The molecule has 0 radical (unpaired) electrons. The minimum absolute atomic E-state index is 0.00741. The van der Waals surface area contributed by atoms with Crippen LogP contribution in [0.1, 0.15) is 41.5 Å². The number of hydrogen-bond donors (Lipinski definition) is 1. The number of aryl methyl sites for hydroxylation is 1. The molecule has 0 aliphatic rings. The van der Waals surface area contributed by atoms with Crippen molar-refractivity contribution in [3.63, 3.8) is 0 Å². The predicted molar refractivity (Wildman–Crippen MR) is 53.8 cm³/mol. The van der Waals surface area contributed by atoms with Gasteiger partial charge in [-0.2, -0.15) is 0 Å². The molecule has 0 saturated carbocycles. The van der Waals surface area contributed by atoms with Crippen molar-refractivity contribution in [3.05, 3.63) is 23.3 Å². The van der Waals surface area contributed by atoms with Crippen LogP contribution < -0.4 is 0 Å². The number of carbonyl (C=O) groups is 1. The lowest BCUT2D eigenvalue weighted by Crippen LogP contribution is -2.11. The van der Waals surface area contributed by atoms with Crippen LogP contribution in [0.3, 0.4) is 0 Å². The smallest absolute Gasteiger partial charge is 0.354 e. The zero-order valence-corrected chi connectivity index (χ0v) is 9.02. The first-order valence-corrected chi connectivity index (χ1v) is 4.70. The lowest BCUT2D eigenvalue weighted by atomic mass is 10.2. The Morgan fingerprint density at radius 1 is 1.60 bits per heavy atom. The number of ether oxygens (including phenoxy) is 1. The molecule has 1 N–H and O–H groups in total. The van der Waals surface area contributed by atoms with Crippen molar-refractivity contribution in [2.45, 2.75) is 26.4 Å². The van der Waals surface area contributed by atoms with Gasteiger partial charge in [0, 0.05) is 12.8 Å². The van der Waals surface area contributed by atoms with Crippen LogP contribution in [0.2, 0.25) is 0 Å². The molecule has 0 bridgehead atoms. The fourth-order valence-corrected chi connectivity index (χ4v) is 1.30. The number of hydrogen-bond acceptors (Lipinski definition) is 4. The van der Waals surface area contributed by atoms with Gasteiger partial charge in [0.1, 0.15) is 6.10 Å². The fraction of sp³-hybridized carbons (Fsp3) is 0.500. The van der Waals surface area contributed by atoms with E-state index in [2.05, 4.69) is 9.97 Å². The van der Waals surface area contributed by atoms with Crippen LogP contribution in [0.4, 0.5) is 0 Å². The molecule has 1 rings (SSSR count). The summed E-state index contributed by atoms with van der Waals surface area (Å²) in [4.78, 5) is 18.9. The number of aromatic carboxylic acids is 1. The molecule has 1 heterocycles. The topological polar surface area (TPSA) is 72.3 Å². The van der Waals surface area contributed by atoms with Gasteiger partial charge in [0.25, 0.3) is 0 Å². The number of methoxy groups -OCH3 is 1. The molecule has 0 amide bonds. The second-order valence-electron chi connectivity index (χ2n) is 3.19. The van der Waals surface area contributed by atoms with E-state index in [0.717, 1.165) is 0 Å². The highest BCUT2D eigenvalue weighted by atomic mass is 16.5. The average Bonchev–Trinajstić information content (AvgIpc) is 2.18. The van der Waals surface area contributed by atoms with Gasteiger partial charge in [0.2, 0.25) is 0 Å². The third-order valence-electron chi connectivity index (χ3n) is 2.03. The van der Waals surface area contributed by atoms with Gasteiger partial charge >= 0.3 is 5.97 Å². The first kappa shape index (κ1) is 11.6. The first-order valence-electron chi connectivity index (χ1n) is 4.70. The molecule has 0 saturated heterocycles. The van der Waals surface area contributed by atoms with Crippen molar-refractivity contribution in [1.82, 2.24) is 9.97 Å². The lowest BCUT2D eigenvalue weighted by molar-refractivity contribution is 0.0684. The molecule has 0 aliphatic carbocycles. The van der Waals surface area contributed by atoms with E-state index in [9.17, 15) is 4.79 Å². The van der Waals surface area contributed by atoms with Crippen molar-refractivity contribution in [3.8, 4) is 0 Å². The Labute approximate surface area is 88.1 Å². The lowest BCUT2D eigenvalue weighted by Gasteiger charge is -2.12. The molecule has 5 nitrogen and oxygen atoms in total. The van der Waals surface area contributed by atoms with Crippen LogP contribution in [0.5, 0.6) is 0 Å². The summed E-state index contributed by atoms with van der Waals surface area (Å²) in [6.45, 7) is 3.67. The number of carboxylic acids is 1. The fourth-order valence-electron chi connectivity index (χ4n) is 1.30. The van der Waals surface area contributed by atoms with Crippen LogP contribution in [0.25, 0.3) is 0 Å². The van der Waals surface area contributed by atoms with Gasteiger partial charge < -0.3 is 9.84 Å². The second-order valence-corrected chi connectivity index (χ2v) is 3.19. The minimum atomic E-state index is -1.05. The third kappa shape index (κ3) is 2.73. The van der Waals surface area contributed by atoms with Crippen molar-refractivity contribution in [2.75, 3.05) is 7.11 Å². The maximum absolute atomic E-state index is 10.8. The molecule has 0 fully saturated rings. The molecule has 1 aromatic heterocycles. The van der Waals surface area contributed by atoms with Gasteiger partial charge in [-0.1, -0.05) is 6.92 Å². The first-order chi connectivity index (χ1) is 7.08. The van der Waals surface area contributed by atoms with E-state index in [-0.39, 0.29) is 11.8 Å². The van der Waals surface area contributed by atoms with E-state index in [1.54, 1.807) is 14.0 Å². The van der Waals surface area contributed by atoms with E-state index < -0.39 is 5.97 Å². The number of carboxylic acid groups (broad SMARTS) is 1. The molecule has 0 aliphatic heterocycles. The largest absolute Gasteiger partial charge is 0.477 e. The van der Waals surface area contributed by atoms with E-state index in [1.165, 1.54) is 6.07 Å². The van der Waals surface area contributed by atoms with E-state index in [1.807, 2.05) is 6.92 Å². The van der Waals surface area contributed by atoms with E-state index >= 15 is 0 Å². The summed E-state index contributed by atoms with van der Waals surface area (Å²) < 4.78 is 5.16. The molecule has 5 heteroatoms. The Morgan fingerprint density at radius 3 is 2.73 bits per heavy atom. The summed E-state index contributed by atoms with van der Waals surface area (Å²) in [5.74, 6) is -0.620. The summed E-state index contributed by atoms with van der Waals surface area (Å²) in [6.07, 6.45) is 0.460. The van der Waals surface area contributed by atoms with Crippen molar-refractivity contribution in [2.24, 2.45) is 0 Å². The molecule has 1 aromatic rings. The van der Waals surface area contributed by atoms with Crippen LogP contribution in [0, 0.1) is 6.92 Å². The monoisotopic (exact) mass is 210 g/mol. The van der Waals surface area contributed by atoms with Crippen molar-refractivity contribution >= 4 is 5.97 Å². The molecule has 82 valence electrons. The quantitative estimate of drug-likeness (QED) is 0.816. The summed E-state index contributed by atoms with van der Waals surface area (Å²) in [7, 11) is 1.56. The normalized spacial score (nSPS) is 12.5. The van der Waals surface area contributed by atoms with Crippen molar-refractivity contribution in [1.29, 1.82) is 0 Å². The number of rotatable bonds is 4. The summed E-state index contributed by atoms with van der Waals surface area (Å²) in [6, 6.07) is 1.44. The maximum Gasteiger partial charge on any atom is 0.354 e. The van der Waals surface area contributed by atoms with E-state index in [4.69, 9.17) is 9.84 Å². The molecule has 1 atom stereocenters. The van der Waals surface area contributed by atoms with Gasteiger partial charge in [-0.05, 0) is 19.4 Å². The highest BCUT2D eigenvalue weighted by molar-refractivity contribution is 5.85. The Morgan fingerprint density at radius 2 is 2.27 bits per heavy atom. The zero-order valence-electron chi connectivity index (χ0n) is 9.02. The second kappa shape index (κ2) is 4.84. The average molecular weight is 210 g/mol. The molecular formula is C10H14N2O3. The van der Waals surface area contributed by atoms with Gasteiger partial charge in [0.05, 0.1) is 0 Å². The standard InChI is InChI=1S/C10H14N2O3/c1-4-8(15-3)9-11-6(2)5-7(12-9)10(13)14/h5,8H,4H2,1-3H3,(H,13,14). The van der Waals surface area contributed by atoms with Gasteiger partial charge in [0.15, 0.2) is 11.5 Å². The number of aromatic nitrogens is 2. The molecule has 15 heavy (non-hydrogen) atoms. The highest BCUT2D eigenvalue weighted by Gasteiger charge is 2.15. The number of nitrogens with zero attached hydrogens (tertiary/aromatic N) is 2. The Kier molecular flexibility index (Phi) is 3.74. The summed E-state index contributed by atoms with van der Waals surface area (Å²) in [5, 5.41) is 8.83. The highest BCUT2D eigenvalue weighted by Crippen LogP contribution is 2.16. The van der Waals surface area contributed by atoms with Crippen LogP contribution in [-0.2, 0) is 4.74 Å². The zero-order chi connectivity index (χ0) is 11.4. The molecule has 0 aromatic carbocycles. The van der Waals surface area contributed by atoms with Gasteiger partial charge in [-0.25, -0.2) is 14.8 Å². The Balaban J connectivity index is 3.13. The molecule has 1 unspecified atom stereocenters. The van der Waals surface area contributed by atoms with Gasteiger partial charge in [-0.3, -0.25) is 0 Å². The molecular weight excluding hydrogens is 196 g/mol.